The molecule has 1 unspecified atom stereocenters. The lowest BCUT2D eigenvalue weighted by atomic mass is 9.91. The van der Waals surface area contributed by atoms with Gasteiger partial charge in [-0.25, -0.2) is 0 Å². The van der Waals surface area contributed by atoms with E-state index in [0.717, 1.165) is 25.8 Å². The topological polar surface area (TPSA) is 82.5 Å². The van der Waals surface area contributed by atoms with E-state index in [1.165, 1.54) is 6.21 Å². The van der Waals surface area contributed by atoms with E-state index < -0.39 is 0 Å². The van der Waals surface area contributed by atoms with Gasteiger partial charge in [0.25, 0.3) is 0 Å². The second-order valence-electron chi connectivity index (χ2n) is 6.47. The van der Waals surface area contributed by atoms with Gasteiger partial charge in [0.2, 0.25) is 5.91 Å². The van der Waals surface area contributed by atoms with Crippen LogP contribution in [-0.2, 0) is 4.79 Å². The normalized spacial score (nSPS) is 21.9. The van der Waals surface area contributed by atoms with Crippen molar-refractivity contribution in [1.82, 2.24) is 4.90 Å². The Morgan fingerprint density at radius 1 is 1.47 bits per heavy atom. The van der Waals surface area contributed by atoms with Crippen molar-refractivity contribution in [1.29, 1.82) is 5.41 Å². The zero-order valence-corrected chi connectivity index (χ0v) is 12.3. The van der Waals surface area contributed by atoms with Crippen molar-refractivity contribution in [2.45, 2.75) is 46.5 Å². The number of carbonyl (C=O) groups is 1. The minimum Gasteiger partial charge on any atom is -0.342 e. The summed E-state index contributed by atoms with van der Waals surface area (Å²) >= 11 is 0. The zero-order valence-electron chi connectivity index (χ0n) is 12.3. The molecular weight excluding hydrogens is 240 g/mol. The van der Waals surface area contributed by atoms with Crippen LogP contribution in [-0.4, -0.2) is 35.8 Å². The molecule has 1 heterocycles. The summed E-state index contributed by atoms with van der Waals surface area (Å²) in [5.41, 5.74) is 0.598. The number of hydrogen-bond acceptors (Lipinski definition) is 4. The van der Waals surface area contributed by atoms with Crippen LogP contribution in [0.4, 0.5) is 0 Å². The number of carbonyl (C=O) groups excluding carboxylic acids is 1. The first-order valence-electron chi connectivity index (χ1n) is 6.93. The summed E-state index contributed by atoms with van der Waals surface area (Å²) in [5, 5.41) is 11.0. The molecule has 5 nitrogen and oxygen atoms in total. The fourth-order valence-electron chi connectivity index (χ4n) is 2.44. The van der Waals surface area contributed by atoms with Crippen molar-refractivity contribution in [2.75, 3.05) is 13.1 Å². The highest BCUT2D eigenvalue weighted by Gasteiger charge is 2.27. The lowest BCUT2D eigenvalue weighted by Gasteiger charge is -2.27. The third-order valence-electron chi connectivity index (χ3n) is 3.42. The lowest BCUT2D eigenvalue weighted by molar-refractivity contribution is -0.133. The number of rotatable bonds is 3. The summed E-state index contributed by atoms with van der Waals surface area (Å²) in [6, 6.07) is 0. The molecule has 1 amide bonds. The SMILES string of the molecule is CC(C)(C)CC(=O)N1CCCCC(/C(C=N)=N/N)C1. The molecule has 0 aromatic carbocycles. The number of likely N-dealkylation sites (tertiary alicyclic amines) is 1. The van der Waals surface area contributed by atoms with Crippen molar-refractivity contribution >= 4 is 17.8 Å². The molecule has 108 valence electrons. The highest BCUT2D eigenvalue weighted by molar-refractivity contribution is 6.30. The molecule has 1 aliphatic rings. The monoisotopic (exact) mass is 266 g/mol. The first-order valence-corrected chi connectivity index (χ1v) is 6.93. The Morgan fingerprint density at radius 2 is 2.16 bits per heavy atom. The van der Waals surface area contributed by atoms with Gasteiger partial charge in [0.1, 0.15) is 0 Å². The minimum absolute atomic E-state index is 0.00518. The van der Waals surface area contributed by atoms with Crippen LogP contribution in [0.15, 0.2) is 5.10 Å². The van der Waals surface area contributed by atoms with Crippen LogP contribution < -0.4 is 5.84 Å². The first-order chi connectivity index (χ1) is 8.87. The first kappa shape index (κ1) is 15.7. The van der Waals surface area contributed by atoms with Crippen molar-refractivity contribution in [3.63, 3.8) is 0 Å². The summed E-state index contributed by atoms with van der Waals surface area (Å²) < 4.78 is 0. The van der Waals surface area contributed by atoms with E-state index >= 15 is 0 Å². The summed E-state index contributed by atoms with van der Waals surface area (Å²) in [5.74, 6) is 5.62. The summed E-state index contributed by atoms with van der Waals surface area (Å²) in [6.07, 6.45) is 4.78. The molecule has 0 saturated carbocycles. The van der Waals surface area contributed by atoms with Gasteiger partial charge in [-0.1, -0.05) is 27.2 Å². The number of hydrazone groups is 1. The molecule has 0 radical (unpaired) electrons. The molecule has 0 aliphatic carbocycles. The number of amides is 1. The van der Waals surface area contributed by atoms with Gasteiger partial charge in [0.05, 0.1) is 5.71 Å². The Labute approximate surface area is 115 Å². The molecule has 0 aromatic rings. The van der Waals surface area contributed by atoms with Crippen LogP contribution in [0, 0.1) is 16.7 Å². The molecule has 1 rings (SSSR count). The molecule has 0 aromatic heterocycles. The highest BCUT2D eigenvalue weighted by Crippen LogP contribution is 2.23. The van der Waals surface area contributed by atoms with Gasteiger partial charge in [-0.3, -0.25) is 4.79 Å². The standard InChI is InChI=1S/C14H26N4O/c1-14(2,3)8-13(19)18-7-5-4-6-11(10-18)12(9-15)17-16/h9,11,15H,4-8,10,16H2,1-3H3/b15-9?,17-12+. The Hall–Kier alpha value is -1.39. The van der Waals surface area contributed by atoms with E-state index in [1.54, 1.807) is 0 Å². The number of hydrogen-bond donors (Lipinski definition) is 2. The van der Waals surface area contributed by atoms with Crippen molar-refractivity contribution in [3.05, 3.63) is 0 Å². The highest BCUT2D eigenvalue weighted by atomic mass is 16.2. The second-order valence-corrected chi connectivity index (χ2v) is 6.47. The maximum absolute atomic E-state index is 12.3. The van der Waals surface area contributed by atoms with Crippen molar-refractivity contribution in [2.24, 2.45) is 22.3 Å². The van der Waals surface area contributed by atoms with Gasteiger partial charge in [0.15, 0.2) is 0 Å². The maximum Gasteiger partial charge on any atom is 0.223 e. The number of nitrogens with two attached hydrogens (primary N) is 1. The van der Waals surface area contributed by atoms with Crippen LogP contribution in [0.5, 0.6) is 0 Å². The average Bonchev–Trinajstić information content (AvgIpc) is 2.54. The largest absolute Gasteiger partial charge is 0.342 e. The molecule has 0 spiro atoms. The van der Waals surface area contributed by atoms with E-state index in [-0.39, 0.29) is 17.2 Å². The van der Waals surface area contributed by atoms with Crippen LogP contribution in [0.1, 0.15) is 46.5 Å². The Balaban J connectivity index is 2.73. The fraction of sp³-hybridized carbons (Fsp3) is 0.786. The van der Waals surface area contributed by atoms with E-state index in [2.05, 4.69) is 25.9 Å². The molecule has 1 fully saturated rings. The molecule has 19 heavy (non-hydrogen) atoms. The van der Waals surface area contributed by atoms with Gasteiger partial charge in [0, 0.05) is 31.6 Å². The van der Waals surface area contributed by atoms with Crippen molar-refractivity contribution < 1.29 is 4.79 Å². The van der Waals surface area contributed by atoms with Gasteiger partial charge in [-0.2, -0.15) is 5.10 Å². The fourth-order valence-corrected chi connectivity index (χ4v) is 2.44. The Bertz CT molecular complexity index is 357. The van der Waals surface area contributed by atoms with Gasteiger partial charge >= 0.3 is 0 Å². The van der Waals surface area contributed by atoms with Gasteiger partial charge < -0.3 is 16.2 Å². The third kappa shape index (κ3) is 5.01. The van der Waals surface area contributed by atoms with E-state index in [4.69, 9.17) is 11.3 Å². The van der Waals surface area contributed by atoms with Crippen molar-refractivity contribution in [3.8, 4) is 0 Å². The molecule has 1 atom stereocenters. The average molecular weight is 266 g/mol. The molecule has 1 aliphatic heterocycles. The van der Waals surface area contributed by atoms with Crippen LogP contribution in [0.25, 0.3) is 0 Å². The maximum atomic E-state index is 12.3. The molecule has 1 saturated heterocycles. The smallest absolute Gasteiger partial charge is 0.223 e. The molecule has 3 N–H and O–H groups in total. The predicted molar refractivity (Wildman–Crippen MR) is 78.4 cm³/mol. The number of nitrogens with zero attached hydrogens (tertiary/aromatic N) is 2. The molecule has 0 bridgehead atoms. The van der Waals surface area contributed by atoms with Crippen LogP contribution in [0.3, 0.4) is 0 Å². The molecular formula is C14H26N4O. The van der Waals surface area contributed by atoms with E-state index in [9.17, 15) is 4.79 Å². The minimum atomic E-state index is 0.00518. The Morgan fingerprint density at radius 3 is 2.68 bits per heavy atom. The second kappa shape index (κ2) is 6.68. The Kier molecular flexibility index (Phi) is 5.51. The molecule has 5 heteroatoms. The van der Waals surface area contributed by atoms with Crippen LogP contribution in [0.2, 0.25) is 0 Å². The third-order valence-corrected chi connectivity index (χ3v) is 3.42. The summed E-state index contributed by atoms with van der Waals surface area (Å²) in [7, 11) is 0. The van der Waals surface area contributed by atoms with Gasteiger partial charge in [-0.05, 0) is 18.3 Å². The summed E-state index contributed by atoms with van der Waals surface area (Å²) in [4.78, 5) is 14.2. The predicted octanol–water partition coefficient (Wildman–Crippen LogP) is 2.02. The van der Waals surface area contributed by atoms with E-state index in [1.807, 2.05) is 4.90 Å². The van der Waals surface area contributed by atoms with E-state index in [0.29, 0.717) is 18.7 Å². The van der Waals surface area contributed by atoms with Crippen LogP contribution >= 0.6 is 0 Å². The number of nitrogens with one attached hydrogen (secondary N) is 1. The lowest BCUT2D eigenvalue weighted by Crippen LogP contribution is -2.38. The zero-order chi connectivity index (χ0) is 14.5. The quantitative estimate of drug-likeness (QED) is 0.465. The van der Waals surface area contributed by atoms with Gasteiger partial charge in [-0.15, -0.1) is 0 Å². The summed E-state index contributed by atoms with van der Waals surface area (Å²) in [6.45, 7) is 7.67.